The van der Waals surface area contributed by atoms with Crippen LogP contribution in [0.1, 0.15) is 51.5 Å². The van der Waals surface area contributed by atoms with E-state index in [-0.39, 0.29) is 5.82 Å². The number of anilines is 1. The summed E-state index contributed by atoms with van der Waals surface area (Å²) >= 11 is 0. The molecule has 0 aliphatic carbocycles. The molecule has 1 rings (SSSR count). The van der Waals surface area contributed by atoms with Gasteiger partial charge < -0.3 is 5.32 Å². The molecule has 3 heteroatoms. The van der Waals surface area contributed by atoms with E-state index in [1.807, 2.05) is 6.07 Å². The van der Waals surface area contributed by atoms with Crippen molar-refractivity contribution < 1.29 is 4.39 Å². The number of halogens is 1. The molecule has 0 radical (unpaired) electrons. The summed E-state index contributed by atoms with van der Waals surface area (Å²) in [6.07, 6.45) is 6.12. The molecule has 104 valence electrons. The van der Waals surface area contributed by atoms with Crippen molar-refractivity contribution in [3.05, 3.63) is 29.6 Å². The minimum atomic E-state index is -0.365. The van der Waals surface area contributed by atoms with Crippen molar-refractivity contribution in [2.24, 2.45) is 5.92 Å². The molecule has 0 aliphatic heterocycles. The maximum Gasteiger partial charge on any atom is 0.124 e. The second kappa shape index (κ2) is 8.53. The SMILES string of the molecule is CC(C)CCCCCCNc1ccc(F)cc1C#N. The first kappa shape index (κ1) is 15.5. The molecule has 0 saturated heterocycles. The summed E-state index contributed by atoms with van der Waals surface area (Å²) in [4.78, 5) is 0. The molecule has 19 heavy (non-hydrogen) atoms. The predicted octanol–water partition coefficient (Wildman–Crippen LogP) is 4.72. The van der Waals surface area contributed by atoms with Gasteiger partial charge in [-0.1, -0.05) is 39.5 Å². The van der Waals surface area contributed by atoms with Gasteiger partial charge in [0, 0.05) is 6.54 Å². The number of rotatable bonds is 8. The largest absolute Gasteiger partial charge is 0.384 e. The number of unbranched alkanes of at least 4 members (excludes halogenated alkanes) is 3. The van der Waals surface area contributed by atoms with E-state index in [4.69, 9.17) is 5.26 Å². The Bertz CT molecular complexity index is 421. The summed E-state index contributed by atoms with van der Waals surface area (Å²) in [5, 5.41) is 12.1. The Morgan fingerprint density at radius 2 is 1.95 bits per heavy atom. The minimum absolute atomic E-state index is 0.365. The number of benzene rings is 1. The molecule has 1 aromatic carbocycles. The highest BCUT2D eigenvalue weighted by Crippen LogP contribution is 2.16. The van der Waals surface area contributed by atoms with E-state index >= 15 is 0 Å². The van der Waals surface area contributed by atoms with Gasteiger partial charge in [-0.3, -0.25) is 0 Å². The van der Waals surface area contributed by atoms with Crippen molar-refractivity contribution in [1.29, 1.82) is 5.26 Å². The van der Waals surface area contributed by atoms with Gasteiger partial charge in [0.2, 0.25) is 0 Å². The fraction of sp³-hybridized carbons (Fsp3) is 0.562. The summed E-state index contributed by atoms with van der Waals surface area (Å²) in [6.45, 7) is 5.33. The molecule has 0 unspecified atom stereocenters. The molecule has 0 bridgehead atoms. The van der Waals surface area contributed by atoms with Crippen LogP contribution in [-0.4, -0.2) is 6.54 Å². The molecule has 0 heterocycles. The Hall–Kier alpha value is -1.56. The first-order valence-corrected chi connectivity index (χ1v) is 7.07. The Labute approximate surface area is 115 Å². The highest BCUT2D eigenvalue weighted by molar-refractivity contribution is 5.57. The summed E-state index contributed by atoms with van der Waals surface area (Å²) in [5.74, 6) is 0.423. The number of hydrogen-bond donors (Lipinski definition) is 1. The molecule has 0 aliphatic rings. The number of nitrogens with one attached hydrogen (secondary N) is 1. The van der Waals surface area contributed by atoms with Gasteiger partial charge in [-0.05, 0) is 30.5 Å². The van der Waals surface area contributed by atoms with Crippen LogP contribution in [0.3, 0.4) is 0 Å². The average Bonchev–Trinajstić information content (AvgIpc) is 2.38. The maximum absolute atomic E-state index is 12.9. The lowest BCUT2D eigenvalue weighted by Crippen LogP contribution is -2.03. The zero-order valence-corrected chi connectivity index (χ0v) is 11.9. The van der Waals surface area contributed by atoms with Gasteiger partial charge in [0.05, 0.1) is 11.3 Å². The fourth-order valence-corrected chi connectivity index (χ4v) is 2.02. The summed E-state index contributed by atoms with van der Waals surface area (Å²) in [5.41, 5.74) is 1.10. The first-order valence-electron chi connectivity index (χ1n) is 7.07. The smallest absolute Gasteiger partial charge is 0.124 e. The normalized spacial score (nSPS) is 10.5. The lowest BCUT2D eigenvalue weighted by molar-refractivity contribution is 0.523. The Morgan fingerprint density at radius 1 is 1.21 bits per heavy atom. The first-order chi connectivity index (χ1) is 9.13. The fourth-order valence-electron chi connectivity index (χ4n) is 2.02. The van der Waals surface area contributed by atoms with E-state index in [0.29, 0.717) is 5.56 Å². The number of nitriles is 1. The molecule has 0 fully saturated rings. The van der Waals surface area contributed by atoms with Gasteiger partial charge in [-0.15, -0.1) is 0 Å². The average molecular weight is 262 g/mol. The van der Waals surface area contributed by atoms with E-state index in [1.54, 1.807) is 6.07 Å². The molecule has 2 nitrogen and oxygen atoms in total. The van der Waals surface area contributed by atoms with E-state index in [9.17, 15) is 4.39 Å². The van der Waals surface area contributed by atoms with Gasteiger partial charge in [-0.25, -0.2) is 4.39 Å². The van der Waals surface area contributed by atoms with Crippen LogP contribution in [0.5, 0.6) is 0 Å². The molecule has 0 amide bonds. The van der Waals surface area contributed by atoms with Gasteiger partial charge in [0.25, 0.3) is 0 Å². The van der Waals surface area contributed by atoms with E-state index < -0.39 is 0 Å². The standard InChI is InChI=1S/C16H23FN2/c1-13(2)7-5-3-4-6-10-19-16-9-8-15(17)11-14(16)12-18/h8-9,11,13,19H,3-7,10H2,1-2H3. The van der Waals surface area contributed by atoms with Crippen LogP contribution in [0.25, 0.3) is 0 Å². The van der Waals surface area contributed by atoms with Gasteiger partial charge in [0.15, 0.2) is 0 Å². The van der Waals surface area contributed by atoms with E-state index in [0.717, 1.165) is 24.6 Å². The number of hydrogen-bond acceptors (Lipinski definition) is 2. The van der Waals surface area contributed by atoms with Crippen LogP contribution in [0.2, 0.25) is 0 Å². The Kier molecular flexibility index (Phi) is 6.95. The lowest BCUT2D eigenvalue weighted by atomic mass is 10.0. The molecule has 0 atom stereocenters. The van der Waals surface area contributed by atoms with E-state index in [2.05, 4.69) is 19.2 Å². The molecular formula is C16H23FN2. The van der Waals surface area contributed by atoms with Crippen molar-refractivity contribution in [2.75, 3.05) is 11.9 Å². The molecule has 1 aromatic rings. The minimum Gasteiger partial charge on any atom is -0.384 e. The zero-order chi connectivity index (χ0) is 14.1. The summed E-state index contributed by atoms with van der Waals surface area (Å²) in [7, 11) is 0. The highest BCUT2D eigenvalue weighted by Gasteiger charge is 2.02. The highest BCUT2D eigenvalue weighted by atomic mass is 19.1. The Balaban J connectivity index is 2.21. The van der Waals surface area contributed by atoms with Crippen LogP contribution >= 0.6 is 0 Å². The topological polar surface area (TPSA) is 35.8 Å². The van der Waals surface area contributed by atoms with Crippen molar-refractivity contribution in [2.45, 2.75) is 46.0 Å². The molecule has 0 spiro atoms. The van der Waals surface area contributed by atoms with Crippen molar-refractivity contribution in [1.82, 2.24) is 0 Å². The van der Waals surface area contributed by atoms with Crippen LogP contribution in [-0.2, 0) is 0 Å². The maximum atomic E-state index is 12.9. The summed E-state index contributed by atoms with van der Waals surface area (Å²) < 4.78 is 12.9. The van der Waals surface area contributed by atoms with Gasteiger partial charge in [0.1, 0.15) is 11.9 Å². The zero-order valence-electron chi connectivity index (χ0n) is 11.9. The summed E-state index contributed by atoms with van der Waals surface area (Å²) in [6, 6.07) is 6.29. The van der Waals surface area contributed by atoms with Crippen LogP contribution in [0.4, 0.5) is 10.1 Å². The third kappa shape index (κ3) is 6.24. The molecular weight excluding hydrogens is 239 g/mol. The van der Waals surface area contributed by atoms with Crippen molar-refractivity contribution in [3.63, 3.8) is 0 Å². The van der Waals surface area contributed by atoms with Crippen molar-refractivity contribution >= 4 is 5.69 Å². The Morgan fingerprint density at radius 3 is 2.63 bits per heavy atom. The molecule has 0 aromatic heterocycles. The monoisotopic (exact) mass is 262 g/mol. The van der Waals surface area contributed by atoms with Crippen LogP contribution < -0.4 is 5.32 Å². The quantitative estimate of drug-likeness (QED) is 0.688. The second-order valence-electron chi connectivity index (χ2n) is 5.33. The van der Waals surface area contributed by atoms with Crippen LogP contribution in [0, 0.1) is 23.1 Å². The molecule has 0 saturated carbocycles. The molecule has 1 N–H and O–H groups in total. The van der Waals surface area contributed by atoms with Gasteiger partial charge >= 0.3 is 0 Å². The van der Waals surface area contributed by atoms with E-state index in [1.165, 1.54) is 37.8 Å². The third-order valence-corrected chi connectivity index (χ3v) is 3.13. The predicted molar refractivity (Wildman–Crippen MR) is 77.5 cm³/mol. The lowest BCUT2D eigenvalue weighted by Gasteiger charge is -2.08. The number of nitrogens with zero attached hydrogens (tertiary/aromatic N) is 1. The second-order valence-corrected chi connectivity index (χ2v) is 5.33. The van der Waals surface area contributed by atoms with Gasteiger partial charge in [-0.2, -0.15) is 5.26 Å². The van der Waals surface area contributed by atoms with Crippen LogP contribution in [0.15, 0.2) is 18.2 Å². The third-order valence-electron chi connectivity index (χ3n) is 3.13. The van der Waals surface area contributed by atoms with Crippen molar-refractivity contribution in [3.8, 4) is 6.07 Å².